The van der Waals surface area contributed by atoms with Crippen LogP contribution in [0.4, 0.5) is 0 Å². The molecule has 1 heterocycles. The topological polar surface area (TPSA) is 68.9 Å². The smallest absolute Gasteiger partial charge is 0.340 e. The summed E-state index contributed by atoms with van der Waals surface area (Å²) in [6, 6.07) is 20.0. The second-order valence-corrected chi connectivity index (χ2v) is 7.23. The zero-order valence-corrected chi connectivity index (χ0v) is 17.1. The normalized spacial score (nSPS) is 10.8. The van der Waals surface area contributed by atoms with Gasteiger partial charge in [0, 0.05) is 21.0 Å². The van der Waals surface area contributed by atoms with Gasteiger partial charge in [-0.25, -0.2) is 4.79 Å². The van der Waals surface area contributed by atoms with Crippen LogP contribution >= 0.6 is 15.9 Å². The first-order valence-electron chi connectivity index (χ1n) is 8.87. The number of rotatable bonds is 6. The highest BCUT2D eigenvalue weighted by atomic mass is 79.9. The summed E-state index contributed by atoms with van der Waals surface area (Å²) in [5.74, 6) is 0.498. The lowest BCUT2D eigenvalue weighted by Crippen LogP contribution is -1.98. The maximum Gasteiger partial charge on any atom is 0.340 e. The Morgan fingerprint density at radius 1 is 1.03 bits per heavy atom. The number of fused-ring (bicyclic) bond motifs is 1. The molecule has 6 heteroatoms. The SMILES string of the molecule is COc1ccc(-c2oc3ccc(OCc4ccccc4Br)cc3c2C(=O)O)cc1. The van der Waals surface area contributed by atoms with Crippen LogP contribution in [0.15, 0.2) is 75.6 Å². The van der Waals surface area contributed by atoms with Crippen molar-refractivity contribution in [3.05, 3.63) is 82.3 Å². The lowest BCUT2D eigenvalue weighted by Gasteiger charge is -2.08. The van der Waals surface area contributed by atoms with Gasteiger partial charge in [-0.1, -0.05) is 34.1 Å². The van der Waals surface area contributed by atoms with Crippen LogP contribution in [0, 0.1) is 0 Å². The van der Waals surface area contributed by atoms with Crippen LogP contribution in [0.25, 0.3) is 22.3 Å². The molecule has 0 saturated carbocycles. The quantitative estimate of drug-likeness (QED) is 0.379. The summed E-state index contributed by atoms with van der Waals surface area (Å²) in [7, 11) is 1.58. The molecule has 0 spiro atoms. The monoisotopic (exact) mass is 452 g/mol. The molecule has 4 aromatic rings. The molecule has 1 aromatic heterocycles. The molecule has 0 atom stereocenters. The van der Waals surface area contributed by atoms with Gasteiger partial charge in [-0.2, -0.15) is 0 Å². The largest absolute Gasteiger partial charge is 0.497 e. The van der Waals surface area contributed by atoms with E-state index in [0.29, 0.717) is 40.4 Å². The van der Waals surface area contributed by atoms with Crippen LogP contribution in [-0.4, -0.2) is 18.2 Å². The van der Waals surface area contributed by atoms with E-state index in [0.717, 1.165) is 10.0 Å². The molecule has 146 valence electrons. The van der Waals surface area contributed by atoms with Crippen molar-refractivity contribution in [1.82, 2.24) is 0 Å². The second-order valence-electron chi connectivity index (χ2n) is 6.38. The van der Waals surface area contributed by atoms with E-state index in [1.807, 2.05) is 24.3 Å². The fourth-order valence-electron chi connectivity index (χ4n) is 3.10. The molecule has 4 rings (SSSR count). The van der Waals surface area contributed by atoms with Crippen molar-refractivity contribution in [2.75, 3.05) is 7.11 Å². The summed E-state index contributed by atoms with van der Waals surface area (Å²) in [4.78, 5) is 12.0. The third kappa shape index (κ3) is 3.84. The molecule has 5 nitrogen and oxygen atoms in total. The van der Waals surface area contributed by atoms with Crippen molar-refractivity contribution < 1.29 is 23.8 Å². The highest BCUT2D eigenvalue weighted by Gasteiger charge is 2.22. The standard InChI is InChI=1S/C23H17BrO5/c1-27-16-8-6-14(7-9-16)22-21(23(25)26)18-12-17(10-11-20(18)29-22)28-13-15-4-2-3-5-19(15)24/h2-12H,13H2,1H3,(H,25,26). The van der Waals surface area contributed by atoms with Gasteiger partial charge in [0.1, 0.15) is 35.0 Å². The minimum atomic E-state index is -1.06. The molecule has 0 aliphatic rings. The van der Waals surface area contributed by atoms with Crippen LogP contribution in [0.3, 0.4) is 0 Å². The molecule has 0 unspecified atom stereocenters. The number of methoxy groups -OCH3 is 1. The molecule has 1 N–H and O–H groups in total. The molecule has 0 fully saturated rings. The zero-order valence-electron chi connectivity index (χ0n) is 15.5. The van der Waals surface area contributed by atoms with Gasteiger partial charge in [0.05, 0.1) is 7.11 Å². The van der Waals surface area contributed by atoms with Gasteiger partial charge in [0.2, 0.25) is 0 Å². The molecule has 0 aliphatic carbocycles. The fraction of sp³-hybridized carbons (Fsp3) is 0.0870. The first-order chi connectivity index (χ1) is 14.1. The first-order valence-corrected chi connectivity index (χ1v) is 9.66. The van der Waals surface area contributed by atoms with Crippen molar-refractivity contribution in [1.29, 1.82) is 0 Å². The predicted octanol–water partition coefficient (Wildman–Crippen LogP) is 6.15. The lowest BCUT2D eigenvalue weighted by molar-refractivity contribution is 0.0699. The Labute approximate surface area is 175 Å². The Bertz CT molecular complexity index is 1180. The second kappa shape index (κ2) is 8.01. The first kappa shape index (κ1) is 19.1. The van der Waals surface area contributed by atoms with Crippen LogP contribution in [0.1, 0.15) is 15.9 Å². The minimum Gasteiger partial charge on any atom is -0.497 e. The summed E-state index contributed by atoms with van der Waals surface area (Å²) in [6.45, 7) is 0.360. The van der Waals surface area contributed by atoms with Gasteiger partial charge in [-0.05, 0) is 48.5 Å². The zero-order chi connectivity index (χ0) is 20.4. The van der Waals surface area contributed by atoms with Crippen molar-refractivity contribution >= 4 is 32.9 Å². The number of carbonyl (C=O) groups is 1. The highest BCUT2D eigenvalue weighted by molar-refractivity contribution is 9.10. The Morgan fingerprint density at radius 3 is 2.45 bits per heavy atom. The van der Waals surface area contributed by atoms with Crippen molar-refractivity contribution in [2.45, 2.75) is 6.61 Å². The number of carboxylic acid groups (broad SMARTS) is 1. The van der Waals surface area contributed by atoms with Crippen LogP contribution < -0.4 is 9.47 Å². The molecule has 3 aromatic carbocycles. The molecule has 0 saturated heterocycles. The van der Waals surface area contributed by atoms with E-state index < -0.39 is 5.97 Å². The van der Waals surface area contributed by atoms with E-state index >= 15 is 0 Å². The number of carboxylic acids is 1. The van der Waals surface area contributed by atoms with E-state index in [9.17, 15) is 9.90 Å². The van der Waals surface area contributed by atoms with E-state index in [4.69, 9.17) is 13.9 Å². The number of hydrogen-bond acceptors (Lipinski definition) is 4. The van der Waals surface area contributed by atoms with E-state index in [-0.39, 0.29) is 5.56 Å². The van der Waals surface area contributed by atoms with Gasteiger partial charge in [-0.15, -0.1) is 0 Å². The van der Waals surface area contributed by atoms with E-state index in [2.05, 4.69) is 15.9 Å². The lowest BCUT2D eigenvalue weighted by atomic mass is 10.1. The average molecular weight is 453 g/mol. The van der Waals surface area contributed by atoms with Gasteiger partial charge in [-0.3, -0.25) is 0 Å². The molecule has 0 amide bonds. The summed E-state index contributed by atoms with van der Waals surface area (Å²) in [5.41, 5.74) is 2.25. The van der Waals surface area contributed by atoms with Crippen LogP contribution in [-0.2, 0) is 6.61 Å². The summed E-state index contributed by atoms with van der Waals surface area (Å²) >= 11 is 3.50. The molecular formula is C23H17BrO5. The van der Waals surface area contributed by atoms with Crippen LogP contribution in [0.5, 0.6) is 11.5 Å². The minimum absolute atomic E-state index is 0.108. The Balaban J connectivity index is 1.71. The van der Waals surface area contributed by atoms with Crippen LogP contribution in [0.2, 0.25) is 0 Å². The molecular weight excluding hydrogens is 436 g/mol. The van der Waals surface area contributed by atoms with Gasteiger partial charge in [0.25, 0.3) is 0 Å². The number of halogens is 1. The number of ether oxygens (including phenoxy) is 2. The molecule has 0 bridgehead atoms. The molecule has 0 radical (unpaired) electrons. The van der Waals surface area contributed by atoms with Crippen molar-refractivity contribution in [3.63, 3.8) is 0 Å². The van der Waals surface area contributed by atoms with Gasteiger partial charge < -0.3 is 19.0 Å². The van der Waals surface area contributed by atoms with E-state index in [1.54, 1.807) is 49.6 Å². The van der Waals surface area contributed by atoms with Crippen molar-refractivity contribution in [3.8, 4) is 22.8 Å². The number of hydrogen-bond donors (Lipinski definition) is 1. The maximum atomic E-state index is 12.0. The van der Waals surface area contributed by atoms with Gasteiger partial charge >= 0.3 is 5.97 Å². The number of benzene rings is 3. The third-order valence-electron chi connectivity index (χ3n) is 4.58. The third-order valence-corrected chi connectivity index (χ3v) is 5.35. The van der Waals surface area contributed by atoms with Crippen molar-refractivity contribution in [2.24, 2.45) is 0 Å². The Kier molecular flexibility index (Phi) is 5.27. The average Bonchev–Trinajstić information content (AvgIpc) is 3.12. The summed E-state index contributed by atoms with van der Waals surface area (Å²) < 4.78 is 17.9. The number of aromatic carboxylic acids is 1. The predicted molar refractivity (Wildman–Crippen MR) is 114 cm³/mol. The fourth-order valence-corrected chi connectivity index (χ4v) is 3.50. The highest BCUT2D eigenvalue weighted by Crippen LogP contribution is 2.36. The summed E-state index contributed by atoms with van der Waals surface area (Å²) in [6.07, 6.45) is 0. The van der Waals surface area contributed by atoms with Gasteiger partial charge in [0.15, 0.2) is 0 Å². The summed E-state index contributed by atoms with van der Waals surface area (Å²) in [5, 5.41) is 10.3. The molecule has 29 heavy (non-hydrogen) atoms. The Morgan fingerprint density at radius 2 is 1.76 bits per heavy atom. The molecule has 0 aliphatic heterocycles. The van der Waals surface area contributed by atoms with E-state index in [1.165, 1.54) is 0 Å². The number of furan rings is 1. The maximum absolute atomic E-state index is 12.0. The Hall–Kier alpha value is -3.25.